The van der Waals surface area contributed by atoms with E-state index in [1.54, 1.807) is 20.3 Å². The van der Waals surface area contributed by atoms with Crippen molar-refractivity contribution in [3.63, 3.8) is 0 Å². The number of hydrogen-bond donors (Lipinski definition) is 3. The summed E-state index contributed by atoms with van der Waals surface area (Å²) < 4.78 is 45.3. The molecule has 0 heterocycles. The summed E-state index contributed by atoms with van der Waals surface area (Å²) in [6.07, 6.45) is 2.02. The van der Waals surface area contributed by atoms with Crippen LogP contribution in [-0.4, -0.2) is 45.4 Å². The van der Waals surface area contributed by atoms with E-state index in [4.69, 9.17) is 14.0 Å². The summed E-state index contributed by atoms with van der Waals surface area (Å²) in [4.78, 5) is 0. The molecule has 0 aliphatic heterocycles. The number of nitriles is 1. The highest BCUT2D eigenvalue weighted by Crippen LogP contribution is 2.40. The first-order valence-corrected chi connectivity index (χ1v) is 12.3. The Kier molecular flexibility index (Phi) is 9.55. The smallest absolute Gasteiger partial charge is 0.446 e. The molecule has 0 spiro atoms. The normalized spacial score (nSPS) is 13.2. The first kappa shape index (κ1) is 27.2. The molecule has 34 heavy (non-hydrogen) atoms. The molecule has 0 aromatic heterocycles. The molecular weight excluding hydrogens is 460 g/mol. The van der Waals surface area contributed by atoms with Crippen LogP contribution in [0.1, 0.15) is 37.8 Å². The lowest BCUT2D eigenvalue weighted by molar-refractivity contribution is 0.341. The van der Waals surface area contributed by atoms with Crippen molar-refractivity contribution in [2.24, 2.45) is 5.92 Å². The molecule has 10 heteroatoms. The van der Waals surface area contributed by atoms with Gasteiger partial charge in [0.2, 0.25) is 0 Å². The number of methoxy groups -OCH3 is 2. The molecule has 186 valence electrons. The second-order valence-corrected chi connectivity index (χ2v) is 9.25. The minimum Gasteiger partial charge on any atom is -0.504 e. The van der Waals surface area contributed by atoms with Gasteiger partial charge in [-0.25, -0.2) is 0 Å². The number of phenols is 1. The number of ether oxygens (including phenoxy) is 2. The van der Waals surface area contributed by atoms with E-state index in [2.05, 4.69) is 15.6 Å². The van der Waals surface area contributed by atoms with Gasteiger partial charge in [0, 0.05) is 0 Å². The minimum atomic E-state index is -4.70. The quantitative estimate of drug-likeness (QED) is 0.283. The summed E-state index contributed by atoms with van der Waals surface area (Å²) in [5, 5.41) is 23.3. The van der Waals surface area contributed by atoms with Gasteiger partial charge < -0.3 is 24.1 Å². The van der Waals surface area contributed by atoms with Crippen LogP contribution in [0.5, 0.6) is 23.0 Å². The van der Waals surface area contributed by atoms with Crippen molar-refractivity contribution in [2.75, 3.05) is 27.3 Å². The van der Waals surface area contributed by atoms with Crippen molar-refractivity contribution in [1.29, 1.82) is 5.26 Å². The minimum absolute atomic E-state index is 0.0852. The van der Waals surface area contributed by atoms with Crippen LogP contribution < -0.4 is 19.0 Å². The Bertz CT molecular complexity index is 1110. The van der Waals surface area contributed by atoms with E-state index in [1.165, 1.54) is 12.1 Å². The zero-order valence-corrected chi connectivity index (χ0v) is 20.7. The molecule has 0 aliphatic rings. The number of phenolic OH excluding ortho intramolecular Hbond substituents is 1. The summed E-state index contributed by atoms with van der Waals surface area (Å²) in [6.45, 7) is 5.39. The fourth-order valence-corrected chi connectivity index (χ4v) is 4.25. The summed E-state index contributed by atoms with van der Waals surface area (Å²) in [5.41, 5.74) is 0.993. The van der Waals surface area contributed by atoms with Gasteiger partial charge in [0.15, 0.2) is 23.0 Å². The lowest BCUT2D eigenvalue weighted by Gasteiger charge is -2.32. The van der Waals surface area contributed by atoms with Gasteiger partial charge in [0.05, 0.1) is 25.7 Å². The van der Waals surface area contributed by atoms with Crippen LogP contribution in [0.25, 0.3) is 0 Å². The maximum absolute atomic E-state index is 10.8. The Labute approximate surface area is 201 Å². The Hall–Kier alpha value is -3.00. The molecule has 9 nitrogen and oxygen atoms in total. The lowest BCUT2D eigenvalue weighted by Crippen LogP contribution is -2.32. The number of benzene rings is 2. The zero-order chi connectivity index (χ0) is 25.4. The fourth-order valence-electron chi connectivity index (χ4n) is 3.88. The maximum Gasteiger partial charge on any atom is 0.446 e. The van der Waals surface area contributed by atoms with Gasteiger partial charge in [-0.15, -0.1) is 0 Å². The van der Waals surface area contributed by atoms with E-state index < -0.39 is 15.8 Å². The van der Waals surface area contributed by atoms with Crippen LogP contribution in [0.4, 0.5) is 0 Å². The molecular formula is C24H32N2O7S. The lowest BCUT2D eigenvalue weighted by atomic mass is 9.70. The van der Waals surface area contributed by atoms with Crippen molar-refractivity contribution in [2.45, 2.75) is 38.5 Å². The van der Waals surface area contributed by atoms with Gasteiger partial charge in [-0.05, 0) is 73.7 Å². The maximum atomic E-state index is 10.8. The summed E-state index contributed by atoms with van der Waals surface area (Å²) >= 11 is 0. The van der Waals surface area contributed by atoms with E-state index in [1.807, 2.05) is 32.0 Å². The topological polar surface area (TPSA) is 138 Å². The van der Waals surface area contributed by atoms with Crippen molar-refractivity contribution >= 4 is 10.4 Å². The fraction of sp³-hybridized carbons (Fsp3) is 0.458. The Morgan fingerprint density at radius 1 is 1.06 bits per heavy atom. The van der Waals surface area contributed by atoms with Gasteiger partial charge >= 0.3 is 10.4 Å². The Balaban J connectivity index is 1.94. The first-order valence-electron chi connectivity index (χ1n) is 10.9. The molecule has 0 radical (unpaired) electrons. The predicted octanol–water partition coefficient (Wildman–Crippen LogP) is 3.62. The molecule has 0 bridgehead atoms. The number of aromatic hydroxyl groups is 1. The van der Waals surface area contributed by atoms with Crippen LogP contribution in [0.15, 0.2) is 36.4 Å². The van der Waals surface area contributed by atoms with Crippen molar-refractivity contribution in [1.82, 2.24) is 5.32 Å². The van der Waals surface area contributed by atoms with Crippen molar-refractivity contribution in [3.8, 4) is 29.1 Å². The largest absolute Gasteiger partial charge is 0.504 e. The van der Waals surface area contributed by atoms with Crippen LogP contribution >= 0.6 is 0 Å². The first-order chi connectivity index (χ1) is 16.1. The van der Waals surface area contributed by atoms with Crippen LogP contribution in [0, 0.1) is 17.2 Å². The van der Waals surface area contributed by atoms with Crippen molar-refractivity contribution < 1.29 is 31.7 Å². The van der Waals surface area contributed by atoms with E-state index in [0.29, 0.717) is 37.4 Å². The Morgan fingerprint density at radius 2 is 1.74 bits per heavy atom. The predicted molar refractivity (Wildman–Crippen MR) is 128 cm³/mol. The average Bonchev–Trinajstić information content (AvgIpc) is 2.79. The van der Waals surface area contributed by atoms with E-state index in [-0.39, 0.29) is 17.4 Å². The molecule has 1 atom stereocenters. The number of nitrogens with zero attached hydrogens (tertiary/aromatic N) is 1. The SMILES string of the molecule is COc1ccc(C(C#N)(CCCNCCc2ccc(OS(=O)(=O)O)c(O)c2)C(C)C)cc1OC. The summed E-state index contributed by atoms with van der Waals surface area (Å²) in [7, 11) is -1.55. The molecule has 2 aromatic rings. The standard InChI is InChI=1S/C24H32N2O7S/c1-17(2)24(16-25,19-7-9-22(31-3)23(15-19)32-4)11-5-12-26-13-10-18-6-8-21(20(27)14-18)33-34(28,29)30/h6-9,14-15,17,26-27H,5,10-13H2,1-4H3,(H,28,29,30). The number of nitrogens with one attached hydrogen (secondary N) is 1. The molecule has 2 rings (SSSR count). The summed E-state index contributed by atoms with van der Waals surface area (Å²) in [6, 6.07) is 12.4. The van der Waals surface area contributed by atoms with E-state index in [9.17, 15) is 18.8 Å². The number of hydrogen-bond acceptors (Lipinski definition) is 8. The van der Waals surface area contributed by atoms with E-state index >= 15 is 0 Å². The molecule has 0 saturated carbocycles. The molecule has 0 aliphatic carbocycles. The molecule has 1 unspecified atom stereocenters. The van der Waals surface area contributed by atoms with Gasteiger partial charge in [0.25, 0.3) is 0 Å². The van der Waals surface area contributed by atoms with Gasteiger partial charge in [-0.3, -0.25) is 4.55 Å². The van der Waals surface area contributed by atoms with Gasteiger partial charge in [0.1, 0.15) is 0 Å². The Morgan fingerprint density at radius 3 is 2.29 bits per heavy atom. The second-order valence-electron chi connectivity index (χ2n) is 8.22. The molecule has 2 aromatic carbocycles. The molecule has 0 amide bonds. The monoisotopic (exact) mass is 492 g/mol. The van der Waals surface area contributed by atoms with Gasteiger partial charge in [-0.1, -0.05) is 26.0 Å². The highest BCUT2D eigenvalue weighted by Gasteiger charge is 2.36. The van der Waals surface area contributed by atoms with Crippen LogP contribution in [0.2, 0.25) is 0 Å². The third-order valence-electron chi connectivity index (χ3n) is 5.82. The van der Waals surface area contributed by atoms with Crippen LogP contribution in [-0.2, 0) is 22.2 Å². The average molecular weight is 493 g/mol. The van der Waals surface area contributed by atoms with Crippen molar-refractivity contribution in [3.05, 3.63) is 47.5 Å². The highest BCUT2D eigenvalue weighted by molar-refractivity contribution is 7.81. The molecule has 0 saturated heterocycles. The molecule has 0 fully saturated rings. The third-order valence-corrected chi connectivity index (χ3v) is 6.21. The third kappa shape index (κ3) is 7.00. The molecule has 3 N–H and O–H groups in total. The second kappa shape index (κ2) is 11.9. The van der Waals surface area contributed by atoms with Crippen LogP contribution in [0.3, 0.4) is 0 Å². The number of rotatable bonds is 13. The van der Waals surface area contributed by atoms with Gasteiger partial charge in [-0.2, -0.15) is 13.7 Å². The summed E-state index contributed by atoms with van der Waals surface area (Å²) in [5.74, 6) is 0.584. The highest BCUT2D eigenvalue weighted by atomic mass is 32.3. The zero-order valence-electron chi connectivity index (χ0n) is 19.9. The van der Waals surface area contributed by atoms with E-state index in [0.717, 1.165) is 17.5 Å².